The van der Waals surface area contributed by atoms with Gasteiger partial charge in [-0.15, -0.1) is 11.3 Å². The SMILES string of the molecule is COc1ccc(/C=C/C(=O)Nc2ncc(C)s2)cc1. The van der Waals surface area contributed by atoms with E-state index in [0.717, 1.165) is 16.2 Å². The van der Waals surface area contributed by atoms with Gasteiger partial charge in [-0.3, -0.25) is 10.1 Å². The Morgan fingerprint density at radius 2 is 2.11 bits per heavy atom. The smallest absolute Gasteiger partial charge is 0.250 e. The third-order valence-electron chi connectivity index (χ3n) is 2.39. The Labute approximate surface area is 115 Å². The van der Waals surface area contributed by atoms with Crippen LogP contribution in [0.25, 0.3) is 6.08 Å². The number of carbonyl (C=O) groups is 1. The molecule has 19 heavy (non-hydrogen) atoms. The second-order valence-electron chi connectivity index (χ2n) is 3.87. The van der Waals surface area contributed by atoms with Gasteiger partial charge in [0.1, 0.15) is 5.75 Å². The van der Waals surface area contributed by atoms with Gasteiger partial charge in [0, 0.05) is 17.2 Å². The molecule has 0 spiro atoms. The number of nitrogens with one attached hydrogen (secondary N) is 1. The van der Waals surface area contributed by atoms with Crippen molar-refractivity contribution >= 4 is 28.5 Å². The lowest BCUT2D eigenvalue weighted by molar-refractivity contribution is -0.111. The summed E-state index contributed by atoms with van der Waals surface area (Å²) in [5.41, 5.74) is 0.936. The minimum Gasteiger partial charge on any atom is -0.497 e. The van der Waals surface area contributed by atoms with Gasteiger partial charge in [0.15, 0.2) is 5.13 Å². The lowest BCUT2D eigenvalue weighted by atomic mass is 10.2. The summed E-state index contributed by atoms with van der Waals surface area (Å²) < 4.78 is 5.07. The van der Waals surface area contributed by atoms with Crippen LogP contribution in [0.4, 0.5) is 5.13 Å². The minimum atomic E-state index is -0.190. The van der Waals surface area contributed by atoms with E-state index >= 15 is 0 Å². The van der Waals surface area contributed by atoms with Gasteiger partial charge < -0.3 is 4.74 Å². The Morgan fingerprint density at radius 1 is 1.37 bits per heavy atom. The van der Waals surface area contributed by atoms with E-state index in [9.17, 15) is 4.79 Å². The average Bonchev–Trinajstić information content (AvgIpc) is 2.82. The van der Waals surface area contributed by atoms with Crippen LogP contribution in [-0.4, -0.2) is 18.0 Å². The largest absolute Gasteiger partial charge is 0.497 e. The normalized spacial score (nSPS) is 10.6. The lowest BCUT2D eigenvalue weighted by Gasteiger charge is -1.99. The maximum Gasteiger partial charge on any atom is 0.250 e. The Bertz CT molecular complexity index is 588. The molecule has 0 aliphatic carbocycles. The highest BCUT2D eigenvalue weighted by Crippen LogP contribution is 2.16. The second-order valence-corrected chi connectivity index (χ2v) is 5.11. The maximum atomic E-state index is 11.7. The summed E-state index contributed by atoms with van der Waals surface area (Å²) in [4.78, 5) is 16.8. The van der Waals surface area contributed by atoms with Crippen molar-refractivity contribution in [3.8, 4) is 5.75 Å². The number of carbonyl (C=O) groups excluding carboxylic acids is 1. The number of anilines is 1. The van der Waals surface area contributed by atoms with Crippen LogP contribution in [0, 0.1) is 6.92 Å². The molecule has 5 heteroatoms. The molecule has 0 saturated carbocycles. The van der Waals surface area contributed by atoms with Crippen LogP contribution in [0.15, 0.2) is 36.5 Å². The van der Waals surface area contributed by atoms with E-state index in [0.29, 0.717) is 5.13 Å². The molecule has 0 aliphatic heterocycles. The highest BCUT2D eigenvalue weighted by molar-refractivity contribution is 7.15. The van der Waals surface area contributed by atoms with E-state index in [1.807, 2.05) is 31.2 Å². The summed E-state index contributed by atoms with van der Waals surface area (Å²) >= 11 is 1.45. The third kappa shape index (κ3) is 3.93. The molecule has 0 saturated heterocycles. The summed E-state index contributed by atoms with van der Waals surface area (Å²) in [6.45, 7) is 1.94. The van der Waals surface area contributed by atoms with E-state index in [1.54, 1.807) is 19.4 Å². The van der Waals surface area contributed by atoms with Crippen LogP contribution in [0.2, 0.25) is 0 Å². The van der Waals surface area contributed by atoms with Gasteiger partial charge >= 0.3 is 0 Å². The van der Waals surface area contributed by atoms with E-state index < -0.39 is 0 Å². The average molecular weight is 274 g/mol. The van der Waals surface area contributed by atoms with Crippen LogP contribution < -0.4 is 10.1 Å². The van der Waals surface area contributed by atoms with Gasteiger partial charge in [-0.05, 0) is 30.7 Å². The van der Waals surface area contributed by atoms with Crippen LogP contribution in [0.1, 0.15) is 10.4 Å². The molecular weight excluding hydrogens is 260 g/mol. The fraction of sp³-hybridized carbons (Fsp3) is 0.143. The number of aryl methyl sites for hydroxylation is 1. The van der Waals surface area contributed by atoms with Crippen molar-refractivity contribution in [3.05, 3.63) is 47.0 Å². The number of hydrogen-bond donors (Lipinski definition) is 1. The number of benzene rings is 1. The van der Waals surface area contributed by atoms with Crippen molar-refractivity contribution < 1.29 is 9.53 Å². The Kier molecular flexibility index (Phi) is 4.30. The highest BCUT2D eigenvalue weighted by atomic mass is 32.1. The van der Waals surface area contributed by atoms with E-state index in [-0.39, 0.29) is 5.91 Å². The number of methoxy groups -OCH3 is 1. The number of amides is 1. The molecule has 2 rings (SSSR count). The zero-order chi connectivity index (χ0) is 13.7. The van der Waals surface area contributed by atoms with E-state index in [4.69, 9.17) is 4.74 Å². The summed E-state index contributed by atoms with van der Waals surface area (Å²) in [6.07, 6.45) is 4.96. The Balaban J connectivity index is 1.95. The maximum absolute atomic E-state index is 11.7. The Morgan fingerprint density at radius 3 is 2.68 bits per heavy atom. The summed E-state index contributed by atoms with van der Waals surface area (Å²) in [7, 11) is 1.62. The Hall–Kier alpha value is -2.14. The first-order chi connectivity index (χ1) is 9.17. The number of rotatable bonds is 4. The molecule has 0 fully saturated rings. The quantitative estimate of drug-likeness (QED) is 0.871. The predicted molar refractivity (Wildman–Crippen MR) is 77.5 cm³/mol. The number of thiazole rings is 1. The van der Waals surface area contributed by atoms with Crippen molar-refractivity contribution in [1.82, 2.24) is 4.98 Å². The number of hydrogen-bond acceptors (Lipinski definition) is 4. The molecule has 0 unspecified atom stereocenters. The fourth-order valence-electron chi connectivity index (χ4n) is 1.45. The molecule has 4 nitrogen and oxygen atoms in total. The second kappa shape index (κ2) is 6.15. The van der Waals surface area contributed by atoms with Gasteiger partial charge in [-0.25, -0.2) is 4.98 Å². The van der Waals surface area contributed by atoms with Crippen LogP contribution in [0.5, 0.6) is 5.75 Å². The number of ether oxygens (including phenoxy) is 1. The van der Waals surface area contributed by atoms with Crippen LogP contribution in [-0.2, 0) is 4.79 Å². The molecule has 0 atom stereocenters. The summed E-state index contributed by atoms with van der Waals surface area (Å²) in [5, 5.41) is 3.33. The standard InChI is InChI=1S/C14H14N2O2S/c1-10-9-15-14(19-10)16-13(17)8-5-11-3-6-12(18-2)7-4-11/h3-9H,1-2H3,(H,15,16,17)/b8-5+. The zero-order valence-corrected chi connectivity index (χ0v) is 11.5. The fourth-order valence-corrected chi connectivity index (χ4v) is 2.11. The molecule has 0 aliphatic rings. The van der Waals surface area contributed by atoms with E-state index in [1.165, 1.54) is 17.4 Å². The van der Waals surface area contributed by atoms with Crippen molar-refractivity contribution in [2.24, 2.45) is 0 Å². The zero-order valence-electron chi connectivity index (χ0n) is 10.7. The van der Waals surface area contributed by atoms with Crippen molar-refractivity contribution in [2.45, 2.75) is 6.92 Å². The monoisotopic (exact) mass is 274 g/mol. The molecule has 0 bridgehead atoms. The summed E-state index contributed by atoms with van der Waals surface area (Å²) in [5.74, 6) is 0.602. The third-order valence-corrected chi connectivity index (χ3v) is 3.22. The minimum absolute atomic E-state index is 0.190. The van der Waals surface area contributed by atoms with Crippen molar-refractivity contribution in [1.29, 1.82) is 0 Å². The number of nitrogens with zero attached hydrogens (tertiary/aromatic N) is 1. The van der Waals surface area contributed by atoms with Gasteiger partial charge in [0.25, 0.3) is 0 Å². The molecule has 1 amide bonds. The first-order valence-corrected chi connectivity index (χ1v) is 6.54. The molecular formula is C14H14N2O2S. The lowest BCUT2D eigenvalue weighted by Crippen LogP contribution is -2.06. The van der Waals surface area contributed by atoms with Crippen LogP contribution in [0.3, 0.4) is 0 Å². The molecule has 1 aromatic heterocycles. The van der Waals surface area contributed by atoms with Gasteiger partial charge in [0.05, 0.1) is 7.11 Å². The van der Waals surface area contributed by atoms with Crippen molar-refractivity contribution in [3.63, 3.8) is 0 Å². The molecule has 1 aromatic carbocycles. The topological polar surface area (TPSA) is 51.2 Å². The first-order valence-electron chi connectivity index (χ1n) is 5.73. The van der Waals surface area contributed by atoms with Gasteiger partial charge in [-0.2, -0.15) is 0 Å². The molecule has 1 heterocycles. The van der Waals surface area contributed by atoms with E-state index in [2.05, 4.69) is 10.3 Å². The van der Waals surface area contributed by atoms with Crippen molar-refractivity contribution in [2.75, 3.05) is 12.4 Å². The first kappa shape index (κ1) is 13.3. The molecule has 1 N–H and O–H groups in total. The highest BCUT2D eigenvalue weighted by Gasteiger charge is 2.01. The molecule has 2 aromatic rings. The van der Waals surface area contributed by atoms with Gasteiger partial charge in [0.2, 0.25) is 5.91 Å². The molecule has 0 radical (unpaired) electrons. The van der Waals surface area contributed by atoms with Gasteiger partial charge in [-0.1, -0.05) is 12.1 Å². The predicted octanol–water partition coefficient (Wildman–Crippen LogP) is 3.11. The summed E-state index contributed by atoms with van der Waals surface area (Å²) in [6, 6.07) is 7.47. The van der Waals surface area contributed by atoms with Crippen LogP contribution >= 0.6 is 11.3 Å². The number of aromatic nitrogens is 1. The molecule has 98 valence electrons.